The Bertz CT molecular complexity index is 1170. The maximum absolute atomic E-state index is 6.61. The van der Waals surface area contributed by atoms with E-state index in [9.17, 15) is 0 Å². The summed E-state index contributed by atoms with van der Waals surface area (Å²) in [7, 11) is 4.04. The SMILES string of the molecule is CSc1nn(-c2c(Cl)cc(Cl)cc2Cl)c(N(C)C)c1CN1Cc2ccccc2CC1COC(C)C. The quantitative estimate of drug-likeness (QED) is 0.281. The predicted octanol–water partition coefficient (Wildman–Crippen LogP) is 6.97. The summed E-state index contributed by atoms with van der Waals surface area (Å²) < 4.78 is 7.94. The lowest BCUT2D eigenvalue weighted by Crippen LogP contribution is -2.43. The molecule has 0 amide bonds. The maximum atomic E-state index is 6.61. The van der Waals surface area contributed by atoms with Crippen LogP contribution in [0, 0.1) is 0 Å². The molecule has 0 fully saturated rings. The van der Waals surface area contributed by atoms with Crippen molar-refractivity contribution in [3.8, 4) is 5.69 Å². The Hall–Kier alpha value is -1.41. The van der Waals surface area contributed by atoms with Crippen LogP contribution < -0.4 is 4.90 Å². The zero-order valence-corrected chi connectivity index (χ0v) is 23.8. The van der Waals surface area contributed by atoms with Gasteiger partial charge in [0.05, 0.1) is 22.8 Å². The second kappa shape index (κ2) is 11.3. The number of thioether (sulfide) groups is 1. The van der Waals surface area contributed by atoms with Crippen molar-refractivity contribution >= 4 is 52.4 Å². The van der Waals surface area contributed by atoms with Gasteiger partial charge in [-0.3, -0.25) is 4.90 Å². The Labute approximate surface area is 227 Å². The first-order valence-electron chi connectivity index (χ1n) is 11.6. The number of anilines is 1. The summed E-state index contributed by atoms with van der Waals surface area (Å²) in [6.45, 7) is 6.44. The molecule has 0 radical (unpaired) electrons. The summed E-state index contributed by atoms with van der Waals surface area (Å²) in [5.74, 6) is 0.947. The van der Waals surface area contributed by atoms with Crippen LogP contribution in [0.1, 0.15) is 30.5 Å². The predicted molar refractivity (Wildman–Crippen MR) is 149 cm³/mol. The van der Waals surface area contributed by atoms with Gasteiger partial charge in [0.25, 0.3) is 0 Å². The average Bonchev–Trinajstić information content (AvgIpc) is 3.14. The van der Waals surface area contributed by atoms with Crippen molar-refractivity contribution < 1.29 is 4.74 Å². The van der Waals surface area contributed by atoms with E-state index in [1.54, 1.807) is 23.9 Å². The summed E-state index contributed by atoms with van der Waals surface area (Å²) in [5.41, 5.74) is 4.53. The van der Waals surface area contributed by atoms with E-state index < -0.39 is 0 Å². The first kappa shape index (κ1) is 26.6. The summed E-state index contributed by atoms with van der Waals surface area (Å²) in [5, 5.41) is 7.31. The number of benzene rings is 2. The summed E-state index contributed by atoms with van der Waals surface area (Å²) in [6, 6.07) is 12.4. The van der Waals surface area contributed by atoms with E-state index in [0.29, 0.717) is 27.4 Å². The van der Waals surface area contributed by atoms with Crippen LogP contribution in [-0.2, 0) is 24.2 Å². The largest absolute Gasteiger partial charge is 0.377 e. The minimum atomic E-state index is 0.185. The van der Waals surface area contributed by atoms with Crippen LogP contribution in [0.3, 0.4) is 0 Å². The number of halogens is 3. The third-order valence-corrected chi connectivity index (χ3v) is 7.69. The van der Waals surface area contributed by atoms with E-state index in [4.69, 9.17) is 44.6 Å². The Balaban J connectivity index is 1.77. The monoisotopic (exact) mass is 552 g/mol. The van der Waals surface area contributed by atoms with Crippen LogP contribution in [0.25, 0.3) is 5.69 Å². The lowest BCUT2D eigenvalue weighted by molar-refractivity contribution is 0.0148. The second-order valence-electron chi connectivity index (χ2n) is 9.25. The molecule has 1 atom stereocenters. The number of aromatic nitrogens is 2. The van der Waals surface area contributed by atoms with Crippen molar-refractivity contribution in [3.63, 3.8) is 0 Å². The molecule has 3 aromatic rings. The average molecular weight is 554 g/mol. The summed E-state index contributed by atoms with van der Waals surface area (Å²) in [4.78, 5) is 4.57. The number of hydrogen-bond acceptors (Lipinski definition) is 5. The highest BCUT2D eigenvalue weighted by atomic mass is 35.5. The fourth-order valence-electron chi connectivity index (χ4n) is 4.57. The Kier molecular flexibility index (Phi) is 8.62. The highest BCUT2D eigenvalue weighted by molar-refractivity contribution is 7.98. The molecule has 188 valence electrons. The zero-order chi connectivity index (χ0) is 25.3. The molecule has 0 aliphatic carbocycles. The van der Waals surface area contributed by atoms with Crippen LogP contribution >= 0.6 is 46.6 Å². The van der Waals surface area contributed by atoms with Gasteiger partial charge in [0.2, 0.25) is 0 Å². The minimum absolute atomic E-state index is 0.185. The number of hydrogen-bond donors (Lipinski definition) is 0. The summed E-state index contributed by atoms with van der Waals surface area (Å²) >= 11 is 21.0. The standard InChI is InChI=1S/C26H31Cl3N4OS/c1-16(2)34-15-20-10-17-8-6-7-9-18(17)13-32(20)14-21-25(35-5)30-33(26(21)31(3)4)24-22(28)11-19(27)12-23(24)29/h6-9,11-12,16,20H,10,13-15H2,1-5H3. The van der Waals surface area contributed by atoms with Gasteiger partial charge in [0.15, 0.2) is 0 Å². The lowest BCUT2D eigenvalue weighted by Gasteiger charge is -2.37. The van der Waals surface area contributed by atoms with Crippen LogP contribution in [0.4, 0.5) is 5.82 Å². The maximum Gasteiger partial charge on any atom is 0.137 e. The van der Waals surface area contributed by atoms with E-state index >= 15 is 0 Å². The highest BCUT2D eigenvalue weighted by Gasteiger charge is 2.31. The number of nitrogens with zero attached hydrogens (tertiary/aromatic N) is 4. The van der Waals surface area contributed by atoms with Gasteiger partial charge in [-0.15, -0.1) is 11.8 Å². The third-order valence-electron chi connectivity index (χ3n) is 6.18. The van der Waals surface area contributed by atoms with Gasteiger partial charge < -0.3 is 9.64 Å². The van der Waals surface area contributed by atoms with Crippen molar-refractivity contribution in [1.82, 2.24) is 14.7 Å². The second-order valence-corrected chi connectivity index (χ2v) is 11.3. The van der Waals surface area contributed by atoms with Gasteiger partial charge in [-0.1, -0.05) is 59.1 Å². The van der Waals surface area contributed by atoms with Crippen molar-refractivity contribution in [1.29, 1.82) is 0 Å². The van der Waals surface area contributed by atoms with Gasteiger partial charge in [0.1, 0.15) is 16.5 Å². The molecule has 2 heterocycles. The first-order chi connectivity index (χ1) is 16.7. The molecular weight excluding hydrogens is 523 g/mol. The molecule has 4 rings (SSSR count). The molecule has 9 heteroatoms. The fourth-order valence-corrected chi connectivity index (χ4v) is 6.12. The van der Waals surface area contributed by atoms with Crippen molar-refractivity contribution in [2.45, 2.75) is 50.5 Å². The van der Waals surface area contributed by atoms with Crippen molar-refractivity contribution in [2.75, 3.05) is 31.9 Å². The third kappa shape index (κ3) is 5.79. The van der Waals surface area contributed by atoms with Crippen LogP contribution in [0.5, 0.6) is 0 Å². The highest BCUT2D eigenvalue weighted by Crippen LogP contribution is 2.39. The van der Waals surface area contributed by atoms with Gasteiger partial charge in [-0.25, -0.2) is 4.68 Å². The van der Waals surface area contributed by atoms with Gasteiger partial charge in [-0.05, 0) is 49.8 Å². The van der Waals surface area contributed by atoms with Crippen LogP contribution in [0.2, 0.25) is 15.1 Å². The minimum Gasteiger partial charge on any atom is -0.377 e. The van der Waals surface area contributed by atoms with Crippen LogP contribution in [0.15, 0.2) is 41.4 Å². The van der Waals surface area contributed by atoms with Crippen molar-refractivity contribution in [3.05, 3.63) is 68.2 Å². The van der Waals surface area contributed by atoms with E-state index in [1.807, 2.05) is 25.0 Å². The molecule has 0 N–H and O–H groups in total. The van der Waals surface area contributed by atoms with E-state index in [0.717, 1.165) is 35.9 Å². The molecule has 5 nitrogen and oxygen atoms in total. The molecule has 1 aliphatic rings. The Morgan fingerprint density at radius 1 is 1.11 bits per heavy atom. The van der Waals surface area contributed by atoms with Gasteiger partial charge in [0, 0.05) is 43.8 Å². The molecule has 1 aromatic heterocycles. The molecule has 0 saturated carbocycles. The van der Waals surface area contributed by atoms with E-state index in [-0.39, 0.29) is 12.1 Å². The van der Waals surface area contributed by atoms with Crippen LogP contribution in [-0.4, -0.2) is 53.8 Å². The molecule has 1 aliphatic heterocycles. The molecule has 0 bridgehead atoms. The fraction of sp³-hybridized carbons (Fsp3) is 0.423. The molecular formula is C26H31Cl3N4OS. The number of ether oxygens (including phenoxy) is 1. The molecule has 1 unspecified atom stereocenters. The molecule has 2 aromatic carbocycles. The smallest absolute Gasteiger partial charge is 0.137 e. The Morgan fingerprint density at radius 3 is 2.37 bits per heavy atom. The summed E-state index contributed by atoms with van der Waals surface area (Å²) in [6.07, 6.45) is 3.19. The van der Waals surface area contributed by atoms with Crippen molar-refractivity contribution in [2.24, 2.45) is 0 Å². The Morgan fingerprint density at radius 2 is 1.77 bits per heavy atom. The zero-order valence-electron chi connectivity index (χ0n) is 20.7. The topological polar surface area (TPSA) is 33.5 Å². The number of rotatable bonds is 8. The normalized spacial score (nSPS) is 16.1. The van der Waals surface area contributed by atoms with E-state index in [2.05, 4.69) is 47.9 Å². The van der Waals surface area contributed by atoms with E-state index in [1.165, 1.54) is 11.1 Å². The molecule has 35 heavy (non-hydrogen) atoms. The molecule has 0 spiro atoms. The van der Waals surface area contributed by atoms with Gasteiger partial charge >= 0.3 is 0 Å². The molecule has 0 saturated heterocycles. The lowest BCUT2D eigenvalue weighted by atomic mass is 9.94. The van der Waals surface area contributed by atoms with Gasteiger partial charge in [-0.2, -0.15) is 5.10 Å². The number of fused-ring (bicyclic) bond motifs is 1. The first-order valence-corrected chi connectivity index (χ1v) is 14.0.